The highest BCUT2D eigenvalue weighted by Crippen LogP contribution is 2.32. The van der Waals surface area contributed by atoms with Crippen molar-refractivity contribution in [2.24, 2.45) is 0 Å². The van der Waals surface area contributed by atoms with Gasteiger partial charge >= 0.3 is 0 Å². The van der Waals surface area contributed by atoms with Gasteiger partial charge in [-0.3, -0.25) is 0 Å². The number of hydrogen-bond donors (Lipinski definition) is 8. The maximum absolute atomic E-state index is 9.94. The highest BCUT2D eigenvalue weighted by atomic mass is 16.7. The highest BCUT2D eigenvalue weighted by Gasteiger charge is 2.55. The minimum absolute atomic E-state index is 0.421. The van der Waals surface area contributed by atoms with E-state index >= 15 is 0 Å². The van der Waals surface area contributed by atoms with Crippen LogP contribution in [-0.2, 0) is 14.2 Å². The summed E-state index contributed by atoms with van der Waals surface area (Å²) in [6.45, 7) is -2.83. The molecule has 2 rings (SSSR count). The van der Waals surface area contributed by atoms with Crippen molar-refractivity contribution in [3.8, 4) is 0 Å². The molecule has 0 amide bonds. The van der Waals surface area contributed by atoms with E-state index in [1.165, 1.54) is 0 Å². The quantitative estimate of drug-likeness (QED) is 0.238. The molecule has 0 spiro atoms. The Balaban J connectivity index is 2.04. The number of aliphatic hydroxyl groups is 8. The van der Waals surface area contributed by atoms with Crippen LogP contribution in [-0.4, -0.2) is 115 Å². The molecule has 2 fully saturated rings. The Hall–Kier alpha value is -0.440. The van der Waals surface area contributed by atoms with Crippen LogP contribution in [0.2, 0.25) is 0 Å². The predicted octanol–water partition coefficient (Wildman–Crippen LogP) is -5.39. The van der Waals surface area contributed by atoms with E-state index in [0.717, 1.165) is 0 Å². The molecule has 11 nitrogen and oxygen atoms in total. The van der Waals surface area contributed by atoms with Crippen LogP contribution in [0.3, 0.4) is 0 Å². The third kappa shape index (κ3) is 3.23. The molecule has 8 atom stereocenters. The van der Waals surface area contributed by atoms with Crippen LogP contribution in [0.15, 0.2) is 0 Å². The van der Waals surface area contributed by atoms with Crippen molar-refractivity contribution in [3.05, 3.63) is 0 Å². The molecule has 0 aromatic heterocycles. The molecule has 0 radical (unpaired) electrons. The third-order valence-electron chi connectivity index (χ3n) is 4.13. The molecule has 0 aromatic carbocycles. The van der Waals surface area contributed by atoms with E-state index in [1.807, 2.05) is 0 Å². The molecule has 0 saturated carbocycles. The average molecular weight is 342 g/mol. The average Bonchev–Trinajstić information content (AvgIpc) is 2.77. The molecule has 136 valence electrons. The molecule has 2 heterocycles. The van der Waals surface area contributed by atoms with Gasteiger partial charge in [-0.1, -0.05) is 0 Å². The van der Waals surface area contributed by atoms with Crippen LogP contribution in [0.25, 0.3) is 0 Å². The van der Waals surface area contributed by atoms with Gasteiger partial charge < -0.3 is 55.1 Å². The van der Waals surface area contributed by atoms with Crippen LogP contribution in [0.4, 0.5) is 0 Å². The van der Waals surface area contributed by atoms with E-state index in [4.69, 9.17) is 19.3 Å². The highest BCUT2D eigenvalue weighted by molar-refractivity contribution is 4.97. The van der Waals surface area contributed by atoms with Gasteiger partial charge in [-0.15, -0.1) is 0 Å². The van der Waals surface area contributed by atoms with Crippen LogP contribution in [0.5, 0.6) is 0 Å². The maximum atomic E-state index is 9.94. The van der Waals surface area contributed by atoms with Crippen LogP contribution >= 0.6 is 0 Å². The van der Waals surface area contributed by atoms with Gasteiger partial charge in [0.15, 0.2) is 0 Å². The van der Waals surface area contributed by atoms with Crippen LogP contribution in [0.1, 0.15) is 0 Å². The topological polar surface area (TPSA) is 190 Å². The molecule has 4 unspecified atom stereocenters. The molecular formula is C12H22O11. The molecule has 2 saturated heterocycles. The second kappa shape index (κ2) is 6.82. The van der Waals surface area contributed by atoms with E-state index in [-0.39, 0.29) is 0 Å². The van der Waals surface area contributed by atoms with Crippen molar-refractivity contribution in [2.75, 3.05) is 26.4 Å². The molecule has 0 aliphatic carbocycles. The van der Waals surface area contributed by atoms with E-state index in [1.54, 1.807) is 0 Å². The molecule has 0 bridgehead atoms. The van der Waals surface area contributed by atoms with Gasteiger partial charge in [-0.2, -0.15) is 0 Å². The summed E-state index contributed by atoms with van der Waals surface area (Å²) in [5.41, 5.74) is 0. The molecule has 2 aliphatic heterocycles. The lowest BCUT2D eigenvalue weighted by Gasteiger charge is -2.44. The predicted molar refractivity (Wildman–Crippen MR) is 68.7 cm³/mol. The van der Waals surface area contributed by atoms with Crippen molar-refractivity contribution in [1.29, 1.82) is 0 Å². The maximum Gasteiger partial charge on any atom is 0.221 e. The Bertz CT molecular complexity index is 408. The summed E-state index contributed by atoms with van der Waals surface area (Å²) in [5.74, 6) is -4.45. The third-order valence-corrected chi connectivity index (χ3v) is 4.13. The zero-order valence-electron chi connectivity index (χ0n) is 12.1. The fourth-order valence-corrected chi connectivity index (χ4v) is 2.55. The van der Waals surface area contributed by atoms with Crippen molar-refractivity contribution in [1.82, 2.24) is 0 Å². The zero-order chi connectivity index (χ0) is 17.4. The largest absolute Gasteiger partial charge is 0.391 e. The first kappa shape index (κ1) is 18.9. The van der Waals surface area contributed by atoms with E-state index in [9.17, 15) is 35.7 Å². The van der Waals surface area contributed by atoms with Gasteiger partial charge in [0, 0.05) is 0 Å². The second-order valence-corrected chi connectivity index (χ2v) is 5.69. The molecule has 0 aromatic rings. The Labute approximate surface area is 130 Å². The van der Waals surface area contributed by atoms with Crippen LogP contribution < -0.4 is 0 Å². The smallest absolute Gasteiger partial charge is 0.221 e. The summed E-state index contributed by atoms with van der Waals surface area (Å²) in [6, 6.07) is 0. The lowest BCUT2D eigenvalue weighted by atomic mass is 9.97. The Morgan fingerprint density at radius 1 is 0.957 bits per heavy atom. The van der Waals surface area contributed by atoms with Gasteiger partial charge in [0.05, 0.1) is 19.8 Å². The van der Waals surface area contributed by atoms with Gasteiger partial charge in [0.1, 0.15) is 43.2 Å². The van der Waals surface area contributed by atoms with Gasteiger partial charge in [-0.25, -0.2) is 0 Å². The number of hydrogen-bond acceptors (Lipinski definition) is 11. The van der Waals surface area contributed by atoms with Crippen molar-refractivity contribution >= 4 is 0 Å². The fraction of sp³-hybridized carbons (Fsp3) is 1.00. The molecule has 23 heavy (non-hydrogen) atoms. The Morgan fingerprint density at radius 3 is 2.13 bits per heavy atom. The minimum Gasteiger partial charge on any atom is -0.391 e. The summed E-state index contributed by atoms with van der Waals surface area (Å²) >= 11 is 0. The SMILES string of the molecule is OCC1(OC[C@H]2O[C@](O)(CO)[C@H](O)[C@@H]2O)OCC(O)C(O)C1O. The lowest BCUT2D eigenvalue weighted by Crippen LogP contribution is -2.64. The lowest BCUT2D eigenvalue weighted by molar-refractivity contribution is -0.356. The summed E-state index contributed by atoms with van der Waals surface area (Å²) in [4.78, 5) is 0. The second-order valence-electron chi connectivity index (χ2n) is 5.69. The normalized spacial score (nSPS) is 51.1. The summed E-state index contributed by atoms with van der Waals surface area (Å²) in [6.07, 6.45) is -9.51. The molecule has 8 N–H and O–H groups in total. The molecule has 2 aliphatic rings. The summed E-state index contributed by atoms with van der Waals surface area (Å²) in [5, 5.41) is 76.6. The standard InChI is InChI=1S/C12H22O11/c13-3-11(20)9(18)8(17)6(23-11)2-22-12(4-14)10(19)7(16)5(15)1-21-12/h5-10,13-20H,1-4H2/t5?,6-,7?,8-,9-,10?,11-,12?/m1/s1. The van der Waals surface area contributed by atoms with Crippen molar-refractivity contribution in [2.45, 2.75) is 48.2 Å². The van der Waals surface area contributed by atoms with Gasteiger partial charge in [0.25, 0.3) is 0 Å². The number of ether oxygens (including phenoxy) is 3. The Kier molecular flexibility index (Phi) is 5.60. The van der Waals surface area contributed by atoms with Crippen molar-refractivity contribution < 1.29 is 55.1 Å². The van der Waals surface area contributed by atoms with Crippen LogP contribution in [0, 0.1) is 0 Å². The fourth-order valence-electron chi connectivity index (χ4n) is 2.55. The zero-order valence-corrected chi connectivity index (χ0v) is 12.1. The summed E-state index contributed by atoms with van der Waals surface area (Å²) < 4.78 is 15.2. The van der Waals surface area contributed by atoms with Gasteiger partial charge in [0.2, 0.25) is 11.6 Å². The first-order valence-electron chi connectivity index (χ1n) is 7.01. The monoisotopic (exact) mass is 342 g/mol. The molecular weight excluding hydrogens is 320 g/mol. The molecule has 11 heteroatoms. The van der Waals surface area contributed by atoms with Crippen molar-refractivity contribution in [3.63, 3.8) is 0 Å². The number of aliphatic hydroxyl groups excluding tert-OH is 7. The van der Waals surface area contributed by atoms with Gasteiger partial charge in [-0.05, 0) is 0 Å². The van der Waals surface area contributed by atoms with E-state index < -0.39 is 74.6 Å². The Morgan fingerprint density at radius 2 is 1.61 bits per heavy atom. The first-order valence-corrected chi connectivity index (χ1v) is 7.01. The van der Waals surface area contributed by atoms with E-state index in [0.29, 0.717) is 0 Å². The van der Waals surface area contributed by atoms with E-state index in [2.05, 4.69) is 0 Å². The summed E-state index contributed by atoms with van der Waals surface area (Å²) in [7, 11) is 0. The minimum atomic E-state index is -2.37. The first-order chi connectivity index (χ1) is 10.7. The number of rotatable bonds is 5.